The van der Waals surface area contributed by atoms with Gasteiger partial charge in [0.05, 0.1) is 24.1 Å². The molecular weight excluding hydrogens is 276 g/mol. The van der Waals surface area contributed by atoms with E-state index in [0.717, 1.165) is 0 Å². The number of hydrogen-bond acceptors (Lipinski definition) is 5. The van der Waals surface area contributed by atoms with E-state index < -0.39 is 36.4 Å². The first kappa shape index (κ1) is 16.6. The van der Waals surface area contributed by atoms with Crippen molar-refractivity contribution >= 4 is 17.8 Å². The Morgan fingerprint density at radius 3 is 2.48 bits per heavy atom. The number of benzene rings is 1. The fraction of sp³-hybridized carbons (Fsp3) is 0.357. The van der Waals surface area contributed by atoms with Gasteiger partial charge in [0, 0.05) is 0 Å². The SMILES string of the molecule is C[C@@H](COC(=O)c1ccccc1)NC(=O)[C@H](N)CC(=O)O. The summed E-state index contributed by atoms with van der Waals surface area (Å²) < 4.78 is 5.04. The maximum absolute atomic E-state index is 11.7. The van der Waals surface area contributed by atoms with Crippen molar-refractivity contribution in [1.82, 2.24) is 5.32 Å². The molecule has 0 fully saturated rings. The fourth-order valence-electron chi connectivity index (χ4n) is 1.53. The first-order chi connectivity index (χ1) is 9.90. The summed E-state index contributed by atoms with van der Waals surface area (Å²) in [6.07, 6.45) is -0.456. The van der Waals surface area contributed by atoms with Crippen molar-refractivity contribution in [2.75, 3.05) is 6.61 Å². The molecule has 7 heteroatoms. The number of rotatable bonds is 7. The van der Waals surface area contributed by atoms with Crippen LogP contribution >= 0.6 is 0 Å². The van der Waals surface area contributed by atoms with Gasteiger partial charge in [0.2, 0.25) is 5.91 Å². The van der Waals surface area contributed by atoms with Crippen molar-refractivity contribution in [2.45, 2.75) is 25.4 Å². The van der Waals surface area contributed by atoms with Gasteiger partial charge in [-0.25, -0.2) is 4.79 Å². The van der Waals surface area contributed by atoms with Gasteiger partial charge in [-0.3, -0.25) is 9.59 Å². The maximum Gasteiger partial charge on any atom is 0.338 e. The number of carboxylic acid groups (broad SMARTS) is 1. The van der Waals surface area contributed by atoms with E-state index in [1.54, 1.807) is 37.3 Å². The van der Waals surface area contributed by atoms with Crippen molar-refractivity contribution in [1.29, 1.82) is 0 Å². The second-order valence-corrected chi connectivity index (χ2v) is 4.58. The summed E-state index contributed by atoms with van der Waals surface area (Å²) in [4.78, 5) is 33.7. The molecule has 0 saturated carbocycles. The third kappa shape index (κ3) is 6.05. The average Bonchev–Trinajstić information content (AvgIpc) is 2.44. The van der Waals surface area contributed by atoms with Gasteiger partial charge in [-0.2, -0.15) is 0 Å². The second kappa shape index (κ2) is 8.01. The summed E-state index contributed by atoms with van der Waals surface area (Å²) in [5.41, 5.74) is 5.83. The van der Waals surface area contributed by atoms with Crippen LogP contribution in [0, 0.1) is 0 Å². The average molecular weight is 294 g/mol. The van der Waals surface area contributed by atoms with Gasteiger partial charge in [-0.1, -0.05) is 18.2 Å². The fourth-order valence-corrected chi connectivity index (χ4v) is 1.53. The Morgan fingerprint density at radius 1 is 1.29 bits per heavy atom. The molecule has 1 amide bonds. The molecule has 0 aromatic heterocycles. The molecular formula is C14H18N2O5. The van der Waals surface area contributed by atoms with Gasteiger partial charge in [0.15, 0.2) is 0 Å². The summed E-state index contributed by atoms with van der Waals surface area (Å²) in [7, 11) is 0. The molecule has 4 N–H and O–H groups in total. The molecule has 0 aliphatic carbocycles. The lowest BCUT2D eigenvalue weighted by atomic mass is 10.2. The molecule has 1 aromatic carbocycles. The topological polar surface area (TPSA) is 119 Å². The molecule has 0 spiro atoms. The zero-order valence-corrected chi connectivity index (χ0v) is 11.6. The van der Waals surface area contributed by atoms with E-state index in [-0.39, 0.29) is 6.61 Å². The molecule has 0 radical (unpaired) electrons. The molecule has 1 aromatic rings. The van der Waals surface area contributed by atoms with Crippen LogP contribution in [0.3, 0.4) is 0 Å². The van der Waals surface area contributed by atoms with Crippen molar-refractivity contribution in [3.8, 4) is 0 Å². The van der Waals surface area contributed by atoms with Crippen molar-refractivity contribution in [2.24, 2.45) is 5.73 Å². The molecule has 21 heavy (non-hydrogen) atoms. The third-order valence-corrected chi connectivity index (χ3v) is 2.59. The van der Waals surface area contributed by atoms with Crippen LogP contribution in [0.1, 0.15) is 23.7 Å². The molecule has 1 rings (SSSR count). The zero-order valence-electron chi connectivity index (χ0n) is 11.6. The monoisotopic (exact) mass is 294 g/mol. The summed E-state index contributed by atoms with van der Waals surface area (Å²) in [6, 6.07) is 6.85. The lowest BCUT2D eigenvalue weighted by Gasteiger charge is -2.16. The highest BCUT2D eigenvalue weighted by Gasteiger charge is 2.19. The van der Waals surface area contributed by atoms with Gasteiger partial charge in [-0.05, 0) is 19.1 Å². The van der Waals surface area contributed by atoms with Crippen molar-refractivity contribution in [3.63, 3.8) is 0 Å². The van der Waals surface area contributed by atoms with Gasteiger partial charge < -0.3 is 20.9 Å². The molecule has 0 saturated heterocycles. The van der Waals surface area contributed by atoms with E-state index in [1.807, 2.05) is 0 Å². The van der Waals surface area contributed by atoms with Crippen LogP contribution in [0.15, 0.2) is 30.3 Å². The Labute approximate surface area is 122 Å². The maximum atomic E-state index is 11.7. The summed E-state index contributed by atoms with van der Waals surface area (Å²) in [5, 5.41) is 11.0. The van der Waals surface area contributed by atoms with E-state index in [4.69, 9.17) is 15.6 Å². The third-order valence-electron chi connectivity index (χ3n) is 2.59. The Bertz CT molecular complexity index is 503. The minimum Gasteiger partial charge on any atom is -0.481 e. The van der Waals surface area contributed by atoms with Crippen LogP contribution < -0.4 is 11.1 Å². The Balaban J connectivity index is 2.37. The predicted octanol–water partition coefficient (Wildman–Crippen LogP) is 0.150. The molecule has 114 valence electrons. The number of esters is 1. The first-order valence-corrected chi connectivity index (χ1v) is 6.40. The highest BCUT2D eigenvalue weighted by Crippen LogP contribution is 2.01. The number of carboxylic acids is 1. The van der Waals surface area contributed by atoms with Crippen molar-refractivity contribution < 1.29 is 24.2 Å². The van der Waals surface area contributed by atoms with Gasteiger partial charge >= 0.3 is 11.9 Å². The van der Waals surface area contributed by atoms with Gasteiger partial charge in [0.1, 0.15) is 6.61 Å². The highest BCUT2D eigenvalue weighted by molar-refractivity contribution is 5.89. The van der Waals surface area contributed by atoms with Crippen LogP contribution in [0.5, 0.6) is 0 Å². The molecule has 2 atom stereocenters. The van der Waals surface area contributed by atoms with Crippen LogP contribution in [-0.2, 0) is 14.3 Å². The number of amides is 1. The molecule has 0 unspecified atom stereocenters. The number of nitrogens with one attached hydrogen (secondary N) is 1. The number of aliphatic carboxylic acids is 1. The smallest absolute Gasteiger partial charge is 0.338 e. The lowest BCUT2D eigenvalue weighted by Crippen LogP contribution is -2.46. The highest BCUT2D eigenvalue weighted by atomic mass is 16.5. The predicted molar refractivity (Wildman–Crippen MR) is 74.6 cm³/mol. The van der Waals surface area contributed by atoms with Crippen LogP contribution in [0.25, 0.3) is 0 Å². The number of nitrogens with two attached hydrogens (primary N) is 1. The Kier molecular flexibility index (Phi) is 6.35. The zero-order chi connectivity index (χ0) is 15.8. The van der Waals surface area contributed by atoms with Crippen LogP contribution in [-0.4, -0.2) is 41.6 Å². The Hall–Kier alpha value is -2.41. The van der Waals surface area contributed by atoms with E-state index >= 15 is 0 Å². The first-order valence-electron chi connectivity index (χ1n) is 6.40. The standard InChI is InChI=1S/C14H18N2O5/c1-9(16-13(19)11(15)7-12(17)18)8-21-14(20)10-5-3-2-4-6-10/h2-6,9,11H,7-8,15H2,1H3,(H,16,19)(H,17,18)/t9-,11+/m0/s1. The number of carbonyl (C=O) groups excluding carboxylic acids is 2. The van der Waals surface area contributed by atoms with E-state index in [2.05, 4.69) is 5.32 Å². The van der Waals surface area contributed by atoms with Gasteiger partial charge in [0.25, 0.3) is 0 Å². The summed E-state index contributed by atoms with van der Waals surface area (Å²) >= 11 is 0. The molecule has 0 bridgehead atoms. The second-order valence-electron chi connectivity index (χ2n) is 4.58. The number of carbonyl (C=O) groups is 3. The quantitative estimate of drug-likeness (QED) is 0.616. The summed E-state index contributed by atoms with van der Waals surface area (Å²) in [6.45, 7) is 1.60. The van der Waals surface area contributed by atoms with Crippen LogP contribution in [0.2, 0.25) is 0 Å². The van der Waals surface area contributed by atoms with E-state index in [0.29, 0.717) is 5.56 Å². The van der Waals surface area contributed by atoms with Crippen molar-refractivity contribution in [3.05, 3.63) is 35.9 Å². The minimum absolute atomic E-state index is 0.0285. The number of ether oxygens (including phenoxy) is 1. The van der Waals surface area contributed by atoms with E-state index in [9.17, 15) is 14.4 Å². The normalized spacial score (nSPS) is 13.0. The van der Waals surface area contributed by atoms with Gasteiger partial charge in [-0.15, -0.1) is 0 Å². The van der Waals surface area contributed by atoms with Crippen LogP contribution in [0.4, 0.5) is 0 Å². The molecule has 7 nitrogen and oxygen atoms in total. The lowest BCUT2D eigenvalue weighted by molar-refractivity contribution is -0.139. The Morgan fingerprint density at radius 2 is 1.90 bits per heavy atom. The summed E-state index contributed by atoms with van der Waals surface area (Å²) in [5.74, 6) is -2.24. The molecule has 0 aliphatic rings. The molecule has 0 heterocycles. The number of hydrogen-bond donors (Lipinski definition) is 3. The minimum atomic E-state index is -1.15. The largest absolute Gasteiger partial charge is 0.481 e. The molecule has 0 aliphatic heterocycles. The van der Waals surface area contributed by atoms with E-state index in [1.165, 1.54) is 0 Å².